The predicted molar refractivity (Wildman–Crippen MR) is 125 cm³/mol. The zero-order valence-electron chi connectivity index (χ0n) is 20.3. The van der Waals surface area contributed by atoms with E-state index < -0.39 is 17.7 Å². The largest absolute Gasteiger partial charge is 0.481 e. The first-order chi connectivity index (χ1) is 15.3. The maximum atomic E-state index is 13.2. The standard InChI is InChI=1S/C27H36F3NO2/c1-17(2)9-14-22(18-10-12-21(13-11-18)27(28,29)30)31-23(26(3,4)5)15-19-7-6-8-20(25(19)31)16-24(32)33/h10-13,15,17,20,22H,6-9,14,16H2,1-5H3,(H,32,33)/t20?,22-/m0/s1. The summed E-state index contributed by atoms with van der Waals surface area (Å²) in [5, 5.41) is 9.57. The average Bonchev–Trinajstić information content (AvgIpc) is 3.08. The van der Waals surface area contributed by atoms with Gasteiger partial charge in [-0.15, -0.1) is 0 Å². The number of aliphatic carboxylic acids is 1. The highest BCUT2D eigenvalue weighted by atomic mass is 19.4. The van der Waals surface area contributed by atoms with Crippen LogP contribution in [-0.4, -0.2) is 15.6 Å². The first kappa shape index (κ1) is 25.4. The van der Waals surface area contributed by atoms with Crippen molar-refractivity contribution < 1.29 is 23.1 Å². The second-order valence-corrected chi connectivity index (χ2v) is 10.9. The van der Waals surface area contributed by atoms with Crippen LogP contribution in [0.5, 0.6) is 0 Å². The zero-order valence-corrected chi connectivity index (χ0v) is 20.3. The lowest BCUT2D eigenvalue weighted by Crippen LogP contribution is -2.26. The lowest BCUT2D eigenvalue weighted by Gasteiger charge is -2.33. The molecule has 182 valence electrons. The molecule has 2 atom stereocenters. The van der Waals surface area contributed by atoms with Crippen molar-refractivity contribution in [3.8, 4) is 0 Å². The van der Waals surface area contributed by atoms with Crippen LogP contribution >= 0.6 is 0 Å². The third-order valence-electron chi connectivity index (χ3n) is 6.69. The van der Waals surface area contributed by atoms with Gasteiger partial charge in [0.15, 0.2) is 0 Å². The summed E-state index contributed by atoms with van der Waals surface area (Å²) in [4.78, 5) is 11.7. The molecule has 3 nitrogen and oxygen atoms in total. The van der Waals surface area contributed by atoms with Crippen LogP contribution in [0.15, 0.2) is 30.3 Å². The van der Waals surface area contributed by atoms with E-state index in [1.54, 1.807) is 12.1 Å². The van der Waals surface area contributed by atoms with E-state index in [-0.39, 0.29) is 23.8 Å². The molecule has 0 spiro atoms. The summed E-state index contributed by atoms with van der Waals surface area (Å²) >= 11 is 0. The van der Waals surface area contributed by atoms with Crippen LogP contribution in [0.3, 0.4) is 0 Å². The molecular weight excluding hydrogens is 427 g/mol. The number of aromatic nitrogens is 1. The number of nitrogens with zero attached hydrogens (tertiary/aromatic N) is 1. The van der Waals surface area contributed by atoms with Crippen LogP contribution in [0, 0.1) is 5.92 Å². The number of benzene rings is 1. The van der Waals surface area contributed by atoms with Gasteiger partial charge in [-0.05, 0) is 67.3 Å². The Morgan fingerprint density at radius 2 is 1.76 bits per heavy atom. The maximum absolute atomic E-state index is 13.2. The monoisotopic (exact) mass is 463 g/mol. The molecule has 3 rings (SSSR count). The molecule has 1 unspecified atom stereocenters. The van der Waals surface area contributed by atoms with E-state index in [9.17, 15) is 23.1 Å². The number of carboxylic acid groups (broad SMARTS) is 1. The van der Waals surface area contributed by atoms with E-state index in [4.69, 9.17) is 0 Å². The molecule has 33 heavy (non-hydrogen) atoms. The Morgan fingerprint density at radius 1 is 1.12 bits per heavy atom. The summed E-state index contributed by atoms with van der Waals surface area (Å²) in [6.45, 7) is 10.7. The van der Waals surface area contributed by atoms with Gasteiger partial charge in [-0.2, -0.15) is 13.2 Å². The van der Waals surface area contributed by atoms with Gasteiger partial charge < -0.3 is 9.67 Å². The Labute approximate surface area is 195 Å². The van der Waals surface area contributed by atoms with E-state index in [0.29, 0.717) is 5.92 Å². The topological polar surface area (TPSA) is 42.2 Å². The van der Waals surface area contributed by atoms with E-state index in [1.165, 1.54) is 17.7 Å². The normalized spacial score (nSPS) is 17.8. The van der Waals surface area contributed by atoms with Crippen molar-refractivity contribution in [2.75, 3.05) is 0 Å². The Bertz CT molecular complexity index is 965. The summed E-state index contributed by atoms with van der Waals surface area (Å²) in [5.41, 5.74) is 3.39. The quantitative estimate of drug-likeness (QED) is 0.457. The summed E-state index contributed by atoms with van der Waals surface area (Å²) in [6.07, 6.45) is 0.0861. The SMILES string of the molecule is CC(C)CC[C@@H](c1ccc(C(F)(F)F)cc1)n1c(C(C)(C)C)cc2c1C(CC(=O)O)CCC2. The second-order valence-electron chi connectivity index (χ2n) is 10.9. The zero-order chi connectivity index (χ0) is 24.6. The summed E-state index contributed by atoms with van der Waals surface area (Å²) in [7, 11) is 0. The second kappa shape index (κ2) is 9.55. The number of rotatable bonds is 7. The minimum absolute atomic E-state index is 0.0739. The lowest BCUT2D eigenvalue weighted by molar-refractivity contribution is -0.138. The van der Waals surface area contributed by atoms with Crippen molar-refractivity contribution in [1.82, 2.24) is 4.57 Å². The lowest BCUT2D eigenvalue weighted by atomic mass is 9.85. The van der Waals surface area contributed by atoms with Gasteiger partial charge in [-0.25, -0.2) is 0 Å². The number of halogens is 3. The Hall–Kier alpha value is -2.24. The molecule has 0 fully saturated rings. The van der Waals surface area contributed by atoms with Gasteiger partial charge in [-0.1, -0.05) is 46.8 Å². The molecule has 2 aromatic rings. The third kappa shape index (κ3) is 5.82. The molecule has 6 heteroatoms. The maximum Gasteiger partial charge on any atom is 0.416 e. The smallest absolute Gasteiger partial charge is 0.416 e. The molecule has 0 bridgehead atoms. The predicted octanol–water partition coefficient (Wildman–Crippen LogP) is 7.72. The first-order valence-electron chi connectivity index (χ1n) is 11.9. The van der Waals surface area contributed by atoms with Crippen LogP contribution in [0.1, 0.15) is 107 Å². The number of fused-ring (bicyclic) bond motifs is 1. The van der Waals surface area contributed by atoms with E-state index in [0.717, 1.165) is 49.1 Å². The first-order valence-corrected chi connectivity index (χ1v) is 11.9. The Morgan fingerprint density at radius 3 is 2.27 bits per heavy atom. The Kier molecular flexibility index (Phi) is 7.35. The molecule has 0 radical (unpaired) electrons. The third-order valence-corrected chi connectivity index (χ3v) is 6.69. The highest BCUT2D eigenvalue weighted by Gasteiger charge is 2.35. The fourth-order valence-electron chi connectivity index (χ4n) is 5.08. The molecule has 1 aromatic carbocycles. The van der Waals surface area contributed by atoms with Crippen molar-refractivity contribution in [2.45, 2.75) is 96.7 Å². The molecule has 1 aliphatic carbocycles. The molecule has 1 aromatic heterocycles. The van der Waals surface area contributed by atoms with E-state index in [1.807, 2.05) is 0 Å². The fourth-order valence-corrected chi connectivity index (χ4v) is 5.08. The minimum atomic E-state index is -4.37. The van der Waals surface area contributed by atoms with Crippen molar-refractivity contribution in [3.63, 3.8) is 0 Å². The molecule has 0 amide bonds. The average molecular weight is 464 g/mol. The van der Waals surface area contributed by atoms with Gasteiger partial charge in [0, 0.05) is 22.7 Å². The van der Waals surface area contributed by atoms with Gasteiger partial charge >= 0.3 is 12.1 Å². The highest BCUT2D eigenvalue weighted by Crippen LogP contribution is 2.43. The van der Waals surface area contributed by atoms with Crippen molar-refractivity contribution >= 4 is 5.97 Å². The van der Waals surface area contributed by atoms with Crippen LogP contribution in [0.2, 0.25) is 0 Å². The van der Waals surface area contributed by atoms with Crippen LogP contribution in [-0.2, 0) is 22.8 Å². The molecular formula is C27H36F3NO2. The molecule has 0 saturated heterocycles. The number of carboxylic acids is 1. The molecule has 0 saturated carbocycles. The van der Waals surface area contributed by atoms with Gasteiger partial charge in [-0.3, -0.25) is 4.79 Å². The van der Waals surface area contributed by atoms with Crippen molar-refractivity contribution in [3.05, 3.63) is 58.4 Å². The molecule has 1 N–H and O–H groups in total. The fraction of sp³-hybridized carbons (Fsp3) is 0.593. The van der Waals surface area contributed by atoms with E-state index >= 15 is 0 Å². The molecule has 1 heterocycles. The molecule has 0 aliphatic heterocycles. The van der Waals surface area contributed by atoms with Gasteiger partial charge in [0.05, 0.1) is 18.0 Å². The number of aryl methyl sites for hydroxylation is 1. The van der Waals surface area contributed by atoms with Gasteiger partial charge in [0.25, 0.3) is 0 Å². The van der Waals surface area contributed by atoms with Gasteiger partial charge in [0.1, 0.15) is 0 Å². The number of hydrogen-bond acceptors (Lipinski definition) is 1. The molecule has 1 aliphatic rings. The number of carbonyl (C=O) groups is 1. The number of alkyl halides is 3. The van der Waals surface area contributed by atoms with Gasteiger partial charge in [0.2, 0.25) is 0 Å². The summed E-state index contributed by atoms with van der Waals surface area (Å²) < 4.78 is 41.9. The van der Waals surface area contributed by atoms with E-state index in [2.05, 4.69) is 45.3 Å². The van der Waals surface area contributed by atoms with Crippen molar-refractivity contribution in [1.29, 1.82) is 0 Å². The van der Waals surface area contributed by atoms with Crippen LogP contribution in [0.4, 0.5) is 13.2 Å². The van der Waals surface area contributed by atoms with Crippen molar-refractivity contribution in [2.24, 2.45) is 5.92 Å². The highest BCUT2D eigenvalue weighted by molar-refractivity contribution is 5.68. The number of hydrogen-bond donors (Lipinski definition) is 1. The summed E-state index contributed by atoms with van der Waals surface area (Å²) in [6, 6.07) is 7.61. The summed E-state index contributed by atoms with van der Waals surface area (Å²) in [5.74, 6) is -0.453. The van der Waals surface area contributed by atoms with Crippen LogP contribution in [0.25, 0.3) is 0 Å². The van der Waals surface area contributed by atoms with Crippen LogP contribution < -0.4 is 0 Å². The minimum Gasteiger partial charge on any atom is -0.481 e. The Balaban J connectivity index is 2.20.